The Morgan fingerprint density at radius 1 is 1.23 bits per heavy atom. The van der Waals surface area contributed by atoms with Crippen molar-refractivity contribution in [2.24, 2.45) is 4.99 Å². The number of nitrogens with zero attached hydrogens (tertiary/aromatic N) is 1. The van der Waals surface area contributed by atoms with Gasteiger partial charge in [0, 0.05) is 13.1 Å². The maximum Gasteiger partial charge on any atom is 0.191 e. The third-order valence-corrected chi connectivity index (χ3v) is 3.14. The van der Waals surface area contributed by atoms with Crippen molar-refractivity contribution in [2.75, 3.05) is 13.1 Å². The predicted molar refractivity (Wildman–Crippen MR) is 86.2 cm³/mol. The molecule has 2 rings (SSSR count). The second-order valence-corrected chi connectivity index (χ2v) is 4.93. The molecule has 0 saturated carbocycles. The zero-order valence-electron chi connectivity index (χ0n) is 12.8. The van der Waals surface area contributed by atoms with Gasteiger partial charge >= 0.3 is 0 Å². The molecule has 22 heavy (non-hydrogen) atoms. The zero-order valence-corrected chi connectivity index (χ0v) is 12.8. The topological polar surface area (TPSA) is 49.6 Å². The highest BCUT2D eigenvalue weighted by Gasteiger charge is 2.00. The van der Waals surface area contributed by atoms with Crippen molar-refractivity contribution in [1.29, 1.82) is 0 Å². The summed E-state index contributed by atoms with van der Waals surface area (Å²) in [5.41, 5.74) is 1.01. The molecular weight excluding hydrogens is 281 g/mol. The first-order chi connectivity index (χ1) is 10.8. The van der Waals surface area contributed by atoms with E-state index in [1.807, 2.05) is 25.1 Å². The fourth-order valence-corrected chi connectivity index (χ4v) is 2.09. The van der Waals surface area contributed by atoms with Gasteiger partial charge in [0.1, 0.15) is 18.1 Å². The van der Waals surface area contributed by atoms with Gasteiger partial charge in [0.05, 0.1) is 6.26 Å². The number of guanidine groups is 1. The summed E-state index contributed by atoms with van der Waals surface area (Å²) in [5.74, 6) is 1.41. The summed E-state index contributed by atoms with van der Waals surface area (Å²) in [5, 5.41) is 6.46. The minimum Gasteiger partial charge on any atom is -0.467 e. The minimum atomic E-state index is -0.182. The summed E-state index contributed by atoms with van der Waals surface area (Å²) in [6.07, 6.45) is 3.39. The summed E-state index contributed by atoms with van der Waals surface area (Å²) in [7, 11) is 0. The highest BCUT2D eigenvalue weighted by molar-refractivity contribution is 5.79. The molecule has 1 aromatic heterocycles. The van der Waals surface area contributed by atoms with Crippen LogP contribution < -0.4 is 10.6 Å². The van der Waals surface area contributed by atoms with E-state index in [0.717, 1.165) is 43.2 Å². The lowest BCUT2D eigenvalue weighted by molar-refractivity contribution is 0.512. The molecule has 1 aromatic carbocycles. The molecule has 0 unspecified atom stereocenters. The summed E-state index contributed by atoms with van der Waals surface area (Å²) >= 11 is 0. The smallest absolute Gasteiger partial charge is 0.191 e. The number of nitrogens with one attached hydrogen (secondary N) is 2. The van der Waals surface area contributed by atoms with Gasteiger partial charge in [-0.1, -0.05) is 12.1 Å². The second-order valence-electron chi connectivity index (χ2n) is 4.93. The van der Waals surface area contributed by atoms with Crippen LogP contribution in [0.1, 0.15) is 24.7 Å². The molecule has 4 nitrogen and oxygen atoms in total. The van der Waals surface area contributed by atoms with Gasteiger partial charge in [0.25, 0.3) is 0 Å². The fourth-order valence-electron chi connectivity index (χ4n) is 2.09. The highest BCUT2D eigenvalue weighted by Crippen LogP contribution is 2.05. The fraction of sp³-hybridized carbons (Fsp3) is 0.353. The molecule has 5 heteroatoms. The highest BCUT2D eigenvalue weighted by atomic mass is 19.1. The number of halogens is 1. The first kappa shape index (κ1) is 16.1. The van der Waals surface area contributed by atoms with Crippen LogP contribution in [0, 0.1) is 5.82 Å². The van der Waals surface area contributed by atoms with E-state index in [0.29, 0.717) is 6.54 Å². The number of rotatable bonds is 7. The first-order valence-electron chi connectivity index (χ1n) is 7.57. The van der Waals surface area contributed by atoms with E-state index in [1.54, 1.807) is 18.4 Å². The molecule has 118 valence electrons. The van der Waals surface area contributed by atoms with Gasteiger partial charge in [-0.2, -0.15) is 0 Å². The Bertz CT molecular complexity index is 581. The molecule has 0 spiro atoms. The van der Waals surface area contributed by atoms with Gasteiger partial charge < -0.3 is 15.1 Å². The lowest BCUT2D eigenvalue weighted by Crippen LogP contribution is -2.37. The molecular formula is C17H22FN3O. The van der Waals surface area contributed by atoms with Crippen LogP contribution in [-0.4, -0.2) is 19.0 Å². The molecule has 2 aromatic rings. The van der Waals surface area contributed by atoms with Gasteiger partial charge in [-0.25, -0.2) is 9.38 Å². The normalized spacial score (nSPS) is 11.5. The molecule has 0 atom stereocenters. The molecule has 0 bridgehead atoms. The Balaban J connectivity index is 1.75. The molecule has 2 N–H and O–H groups in total. The monoisotopic (exact) mass is 303 g/mol. The summed E-state index contributed by atoms with van der Waals surface area (Å²) < 4.78 is 18.3. The lowest BCUT2D eigenvalue weighted by atomic mass is 10.1. The largest absolute Gasteiger partial charge is 0.467 e. The van der Waals surface area contributed by atoms with Crippen molar-refractivity contribution < 1.29 is 8.81 Å². The van der Waals surface area contributed by atoms with E-state index in [1.165, 1.54) is 6.07 Å². The van der Waals surface area contributed by atoms with Crippen LogP contribution in [0.3, 0.4) is 0 Å². The van der Waals surface area contributed by atoms with Crippen molar-refractivity contribution >= 4 is 5.96 Å². The maximum absolute atomic E-state index is 13.1. The van der Waals surface area contributed by atoms with E-state index in [-0.39, 0.29) is 5.82 Å². The van der Waals surface area contributed by atoms with Gasteiger partial charge in [0.15, 0.2) is 5.96 Å². The molecule has 0 fully saturated rings. The van der Waals surface area contributed by atoms with Crippen LogP contribution >= 0.6 is 0 Å². The third kappa shape index (κ3) is 5.60. The second kappa shape index (κ2) is 8.87. The maximum atomic E-state index is 13.1. The van der Waals surface area contributed by atoms with Crippen LogP contribution in [-0.2, 0) is 13.0 Å². The molecule has 0 radical (unpaired) electrons. The average molecular weight is 303 g/mol. The van der Waals surface area contributed by atoms with Crippen molar-refractivity contribution in [1.82, 2.24) is 10.6 Å². The van der Waals surface area contributed by atoms with E-state index in [4.69, 9.17) is 4.42 Å². The Morgan fingerprint density at radius 2 is 2.14 bits per heavy atom. The zero-order chi connectivity index (χ0) is 15.6. The number of benzene rings is 1. The average Bonchev–Trinajstić information content (AvgIpc) is 3.02. The van der Waals surface area contributed by atoms with Crippen molar-refractivity contribution in [3.05, 3.63) is 59.8 Å². The molecule has 1 heterocycles. The van der Waals surface area contributed by atoms with Gasteiger partial charge in [-0.05, 0) is 49.6 Å². The molecule has 0 aliphatic heterocycles. The van der Waals surface area contributed by atoms with Gasteiger partial charge in [-0.3, -0.25) is 0 Å². The van der Waals surface area contributed by atoms with E-state index >= 15 is 0 Å². The Morgan fingerprint density at radius 3 is 2.86 bits per heavy atom. The quantitative estimate of drug-likeness (QED) is 0.469. The molecule has 0 amide bonds. The van der Waals surface area contributed by atoms with Crippen LogP contribution in [0.4, 0.5) is 4.39 Å². The van der Waals surface area contributed by atoms with Crippen LogP contribution in [0.2, 0.25) is 0 Å². The number of aryl methyl sites for hydroxylation is 1. The van der Waals surface area contributed by atoms with Crippen LogP contribution in [0.5, 0.6) is 0 Å². The lowest BCUT2D eigenvalue weighted by Gasteiger charge is -2.11. The van der Waals surface area contributed by atoms with Crippen molar-refractivity contribution in [2.45, 2.75) is 26.3 Å². The number of hydrogen-bond acceptors (Lipinski definition) is 2. The Hall–Kier alpha value is -2.30. The molecule has 0 aliphatic carbocycles. The van der Waals surface area contributed by atoms with Gasteiger partial charge in [-0.15, -0.1) is 0 Å². The number of aliphatic imine (C=N–C) groups is 1. The Kier molecular flexibility index (Phi) is 6.48. The third-order valence-electron chi connectivity index (χ3n) is 3.14. The summed E-state index contributed by atoms with van der Waals surface area (Å²) in [4.78, 5) is 4.46. The van der Waals surface area contributed by atoms with Crippen LogP contribution in [0.25, 0.3) is 0 Å². The Labute approximate surface area is 130 Å². The summed E-state index contributed by atoms with van der Waals surface area (Å²) in [6.45, 7) is 4.11. The van der Waals surface area contributed by atoms with Crippen molar-refractivity contribution in [3.63, 3.8) is 0 Å². The van der Waals surface area contributed by atoms with Crippen LogP contribution in [0.15, 0.2) is 52.1 Å². The summed E-state index contributed by atoms with van der Waals surface area (Å²) in [6, 6.07) is 10.5. The minimum absolute atomic E-state index is 0.182. The van der Waals surface area contributed by atoms with E-state index in [2.05, 4.69) is 15.6 Å². The SMILES string of the molecule is CCNC(=NCc1ccco1)NCCCc1cccc(F)c1. The standard InChI is InChI=1S/C17H22FN3O/c1-2-19-17(21-13-16-9-5-11-22-16)20-10-4-7-14-6-3-8-15(18)12-14/h3,5-6,8-9,11-12H,2,4,7,10,13H2,1H3,(H2,19,20,21). The predicted octanol–water partition coefficient (Wildman–Crippen LogP) is 3.11. The van der Waals surface area contributed by atoms with Crippen molar-refractivity contribution in [3.8, 4) is 0 Å². The first-order valence-corrected chi connectivity index (χ1v) is 7.57. The van der Waals surface area contributed by atoms with Gasteiger partial charge in [0.2, 0.25) is 0 Å². The number of hydrogen-bond donors (Lipinski definition) is 2. The van der Waals surface area contributed by atoms with E-state index in [9.17, 15) is 4.39 Å². The molecule has 0 aliphatic rings. The number of furan rings is 1. The molecule has 0 saturated heterocycles. The van der Waals surface area contributed by atoms with E-state index < -0.39 is 0 Å².